The number of benzene rings is 2. The third-order valence-electron chi connectivity index (χ3n) is 5.02. The second-order valence-corrected chi connectivity index (χ2v) is 6.87. The number of nitrogens with zero attached hydrogens (tertiary/aromatic N) is 3. The molecule has 0 bridgehead atoms. The highest BCUT2D eigenvalue weighted by atomic mass is 14.9. The van der Waals surface area contributed by atoms with Crippen LogP contribution in [0.5, 0.6) is 0 Å². The van der Waals surface area contributed by atoms with E-state index in [9.17, 15) is 0 Å². The first-order valence-electron chi connectivity index (χ1n) is 8.83. The van der Waals surface area contributed by atoms with E-state index in [0.717, 1.165) is 11.4 Å². The highest BCUT2D eigenvalue weighted by molar-refractivity contribution is 6.01. The molecule has 0 aliphatic heterocycles. The molecule has 3 nitrogen and oxygen atoms in total. The van der Waals surface area contributed by atoms with E-state index in [0.29, 0.717) is 0 Å². The molecule has 0 radical (unpaired) electrons. The largest absolute Gasteiger partial charge is 0.236 e. The summed E-state index contributed by atoms with van der Waals surface area (Å²) in [6.07, 6.45) is 5.72. The summed E-state index contributed by atoms with van der Waals surface area (Å²) in [4.78, 5) is 8.93. The van der Waals surface area contributed by atoms with Gasteiger partial charge < -0.3 is 0 Å². The number of rotatable bonds is 2. The van der Waals surface area contributed by atoms with Crippen LogP contribution in [0.3, 0.4) is 0 Å². The fourth-order valence-electron chi connectivity index (χ4n) is 3.68. The standard InChI is InChI=1S/C23H22N3/c1-15-12-16(2)17(3)20(13-15)22-19-9-6-5-8-18(19)21(14-26(22)4)23-24-10-7-11-25-23/h5-14H,1-4H3/q+1. The highest BCUT2D eigenvalue weighted by Gasteiger charge is 2.22. The summed E-state index contributed by atoms with van der Waals surface area (Å²) in [6, 6.07) is 14.9. The average molecular weight is 340 g/mol. The number of hydrogen-bond acceptors (Lipinski definition) is 2. The molecule has 2 aromatic carbocycles. The van der Waals surface area contributed by atoms with Gasteiger partial charge in [-0.2, -0.15) is 4.57 Å². The van der Waals surface area contributed by atoms with Gasteiger partial charge in [-0.25, -0.2) is 9.97 Å². The van der Waals surface area contributed by atoms with Crippen LogP contribution < -0.4 is 4.57 Å². The van der Waals surface area contributed by atoms with Crippen LogP contribution in [0.2, 0.25) is 0 Å². The summed E-state index contributed by atoms with van der Waals surface area (Å²) in [5.41, 5.74) is 7.48. The predicted molar refractivity (Wildman–Crippen MR) is 106 cm³/mol. The van der Waals surface area contributed by atoms with Gasteiger partial charge in [0.1, 0.15) is 7.05 Å². The number of hydrogen-bond donors (Lipinski definition) is 0. The zero-order valence-corrected chi connectivity index (χ0v) is 15.6. The summed E-state index contributed by atoms with van der Waals surface area (Å²) in [6.45, 7) is 6.54. The van der Waals surface area contributed by atoms with Crippen LogP contribution in [-0.4, -0.2) is 9.97 Å². The van der Waals surface area contributed by atoms with Gasteiger partial charge in [0.25, 0.3) is 0 Å². The molecule has 0 saturated carbocycles. The molecule has 0 aliphatic carbocycles. The third-order valence-corrected chi connectivity index (χ3v) is 5.02. The van der Waals surface area contributed by atoms with E-state index in [1.165, 1.54) is 38.7 Å². The molecule has 4 rings (SSSR count). The van der Waals surface area contributed by atoms with Gasteiger partial charge >= 0.3 is 0 Å². The Morgan fingerprint density at radius 2 is 1.50 bits per heavy atom. The minimum Gasteiger partial charge on any atom is -0.236 e. The Bertz CT molecular complexity index is 1120. The SMILES string of the molecule is Cc1cc(C)c(C)c(-c2c3ccccc3c(-c3ncccn3)c[n+]2C)c1. The van der Waals surface area contributed by atoms with Crippen molar-refractivity contribution in [3.63, 3.8) is 0 Å². The molecule has 2 aromatic heterocycles. The molecule has 0 unspecified atom stereocenters. The van der Waals surface area contributed by atoms with Crippen LogP contribution in [0.15, 0.2) is 61.1 Å². The van der Waals surface area contributed by atoms with Crippen LogP contribution in [0.1, 0.15) is 16.7 Å². The fourth-order valence-corrected chi connectivity index (χ4v) is 3.68. The molecule has 128 valence electrons. The Balaban J connectivity index is 2.10. The second kappa shape index (κ2) is 6.34. The van der Waals surface area contributed by atoms with E-state index >= 15 is 0 Å². The van der Waals surface area contributed by atoms with Gasteiger partial charge in [0, 0.05) is 17.8 Å². The van der Waals surface area contributed by atoms with Crippen molar-refractivity contribution in [1.29, 1.82) is 0 Å². The minimum absolute atomic E-state index is 0.753. The van der Waals surface area contributed by atoms with Gasteiger partial charge in [-0.1, -0.05) is 29.8 Å². The van der Waals surface area contributed by atoms with E-state index in [1.807, 2.05) is 6.07 Å². The number of pyridine rings is 1. The van der Waals surface area contributed by atoms with Crippen LogP contribution in [-0.2, 0) is 7.05 Å². The van der Waals surface area contributed by atoms with Crippen LogP contribution in [0.4, 0.5) is 0 Å². The third kappa shape index (κ3) is 2.66. The summed E-state index contributed by atoms with van der Waals surface area (Å²) < 4.78 is 2.20. The summed E-state index contributed by atoms with van der Waals surface area (Å²) in [5, 5.41) is 2.39. The molecule has 0 amide bonds. The predicted octanol–water partition coefficient (Wildman–Crippen LogP) is 4.71. The van der Waals surface area contributed by atoms with Crippen molar-refractivity contribution in [2.75, 3.05) is 0 Å². The highest BCUT2D eigenvalue weighted by Crippen LogP contribution is 2.33. The summed E-state index contributed by atoms with van der Waals surface area (Å²) in [7, 11) is 2.10. The summed E-state index contributed by atoms with van der Waals surface area (Å²) >= 11 is 0. The van der Waals surface area contributed by atoms with Crippen molar-refractivity contribution < 1.29 is 4.57 Å². The lowest BCUT2D eigenvalue weighted by Gasteiger charge is -2.13. The Labute approximate surface area is 154 Å². The first kappa shape index (κ1) is 16.4. The molecule has 3 heteroatoms. The normalized spacial score (nSPS) is 11.1. The maximum atomic E-state index is 4.46. The molecule has 0 aliphatic rings. The average Bonchev–Trinajstić information content (AvgIpc) is 2.65. The molecular weight excluding hydrogens is 318 g/mol. The van der Waals surface area contributed by atoms with E-state index in [1.54, 1.807) is 12.4 Å². The smallest absolute Gasteiger partial charge is 0.220 e. The lowest BCUT2D eigenvalue weighted by Crippen LogP contribution is -2.31. The zero-order chi connectivity index (χ0) is 18.3. The van der Waals surface area contributed by atoms with Crippen LogP contribution in [0.25, 0.3) is 33.4 Å². The molecular formula is C23H22N3+. The van der Waals surface area contributed by atoms with E-state index < -0.39 is 0 Å². The lowest BCUT2D eigenvalue weighted by molar-refractivity contribution is -0.658. The number of fused-ring (bicyclic) bond motifs is 1. The van der Waals surface area contributed by atoms with Gasteiger partial charge in [-0.3, -0.25) is 0 Å². The van der Waals surface area contributed by atoms with Gasteiger partial charge in [0.2, 0.25) is 5.69 Å². The molecule has 0 N–H and O–H groups in total. The number of aryl methyl sites for hydroxylation is 3. The molecule has 0 atom stereocenters. The Kier molecular flexibility index (Phi) is 4.00. The Morgan fingerprint density at radius 1 is 0.808 bits per heavy atom. The minimum atomic E-state index is 0.753. The van der Waals surface area contributed by atoms with Crippen molar-refractivity contribution in [3.05, 3.63) is 77.7 Å². The van der Waals surface area contributed by atoms with Crippen molar-refractivity contribution in [2.24, 2.45) is 7.05 Å². The van der Waals surface area contributed by atoms with Gasteiger partial charge in [-0.05, 0) is 50.1 Å². The van der Waals surface area contributed by atoms with Crippen molar-refractivity contribution in [1.82, 2.24) is 9.97 Å². The van der Waals surface area contributed by atoms with E-state index in [4.69, 9.17) is 0 Å². The molecule has 0 saturated heterocycles. The van der Waals surface area contributed by atoms with Crippen molar-refractivity contribution in [2.45, 2.75) is 20.8 Å². The second-order valence-electron chi connectivity index (χ2n) is 6.87. The van der Waals surface area contributed by atoms with Crippen LogP contribution >= 0.6 is 0 Å². The fraction of sp³-hybridized carbons (Fsp3) is 0.174. The molecule has 2 heterocycles. The van der Waals surface area contributed by atoms with E-state index in [-0.39, 0.29) is 0 Å². The van der Waals surface area contributed by atoms with Gasteiger partial charge in [-0.15, -0.1) is 0 Å². The first-order valence-corrected chi connectivity index (χ1v) is 8.83. The van der Waals surface area contributed by atoms with Crippen molar-refractivity contribution >= 4 is 10.8 Å². The molecule has 26 heavy (non-hydrogen) atoms. The quantitative estimate of drug-likeness (QED) is 0.495. The van der Waals surface area contributed by atoms with Gasteiger partial charge in [0.15, 0.2) is 12.0 Å². The maximum absolute atomic E-state index is 4.46. The lowest BCUT2D eigenvalue weighted by atomic mass is 9.93. The van der Waals surface area contributed by atoms with E-state index in [2.05, 4.69) is 84.9 Å². The molecule has 0 fully saturated rings. The Morgan fingerprint density at radius 3 is 2.23 bits per heavy atom. The Hall–Kier alpha value is -3.07. The first-order chi connectivity index (χ1) is 12.6. The molecule has 0 spiro atoms. The monoisotopic (exact) mass is 340 g/mol. The van der Waals surface area contributed by atoms with Crippen LogP contribution in [0, 0.1) is 20.8 Å². The molecule has 4 aromatic rings. The maximum Gasteiger partial charge on any atom is 0.220 e. The number of aromatic nitrogens is 3. The zero-order valence-electron chi connectivity index (χ0n) is 15.6. The van der Waals surface area contributed by atoms with Gasteiger partial charge in [0.05, 0.1) is 16.5 Å². The van der Waals surface area contributed by atoms with Crippen molar-refractivity contribution in [3.8, 4) is 22.6 Å². The topological polar surface area (TPSA) is 29.7 Å². The summed E-state index contributed by atoms with van der Waals surface area (Å²) in [5.74, 6) is 0.753.